The summed E-state index contributed by atoms with van der Waals surface area (Å²) in [4.78, 5) is 0. The summed E-state index contributed by atoms with van der Waals surface area (Å²) in [7, 11) is 0. The van der Waals surface area contributed by atoms with Crippen LogP contribution in [0.4, 0.5) is 0 Å². The normalized spacial score (nSPS) is 12.6. The van der Waals surface area contributed by atoms with Crippen LogP contribution in [-0.2, 0) is 0 Å². The summed E-state index contributed by atoms with van der Waals surface area (Å²) >= 11 is 0. The molecule has 0 aliphatic carbocycles. The lowest BCUT2D eigenvalue weighted by molar-refractivity contribution is 1.30. The minimum absolute atomic E-state index is 0.129. The minimum Gasteiger partial charge on any atom is -0.375 e. The maximum atomic E-state index is 2.62. The number of fused-ring (bicyclic) bond motifs is 7. The zero-order valence-corrected chi connectivity index (χ0v) is 19.2. The van der Waals surface area contributed by atoms with Crippen LogP contribution < -0.4 is 10.9 Å². The van der Waals surface area contributed by atoms with Crippen molar-refractivity contribution < 1.29 is 0 Å². The van der Waals surface area contributed by atoms with E-state index in [9.17, 15) is 0 Å². The highest BCUT2D eigenvalue weighted by atomic mass is 14.9. The van der Waals surface area contributed by atoms with Crippen LogP contribution in [0.1, 0.15) is 16.7 Å². The molecule has 5 aromatic carbocycles. The number of aryl methyl sites for hydroxylation is 3. The molecule has 1 aromatic heterocycles. The minimum atomic E-state index is 0.129. The third kappa shape index (κ3) is 2.44. The third-order valence-electron chi connectivity index (χ3n) is 7.53. The van der Waals surface area contributed by atoms with Gasteiger partial charge in [-0.1, -0.05) is 102 Å². The number of hydrogen-bond donors (Lipinski definition) is 0. The van der Waals surface area contributed by atoms with Gasteiger partial charge in [0.2, 0.25) is 0 Å². The van der Waals surface area contributed by atoms with Gasteiger partial charge in [-0.3, -0.25) is 0 Å². The van der Waals surface area contributed by atoms with Crippen molar-refractivity contribution >= 4 is 50.4 Å². The lowest BCUT2D eigenvalue weighted by Gasteiger charge is -2.31. The van der Waals surface area contributed by atoms with Crippen molar-refractivity contribution in [2.75, 3.05) is 0 Å². The van der Waals surface area contributed by atoms with E-state index in [4.69, 9.17) is 0 Å². The average Bonchev–Trinajstić information content (AvgIpc) is 3.16. The maximum Gasteiger partial charge on any atom is 0.330 e. The molecule has 0 saturated carbocycles. The Hall–Kier alpha value is -3.78. The van der Waals surface area contributed by atoms with Crippen molar-refractivity contribution in [3.8, 4) is 11.1 Å². The Kier molecular flexibility index (Phi) is 3.76. The van der Waals surface area contributed by atoms with Gasteiger partial charge in [0.15, 0.2) is 0 Å². The molecule has 0 N–H and O–H groups in total. The van der Waals surface area contributed by atoms with Crippen LogP contribution in [0.5, 0.6) is 0 Å². The highest BCUT2D eigenvalue weighted by Gasteiger charge is 2.36. The molecule has 0 atom stereocenters. The number of benzene rings is 5. The van der Waals surface area contributed by atoms with E-state index in [1.807, 2.05) is 0 Å². The summed E-state index contributed by atoms with van der Waals surface area (Å²) in [5.74, 6) is 0. The Labute approximate surface area is 194 Å². The van der Waals surface area contributed by atoms with E-state index < -0.39 is 0 Å². The quantitative estimate of drug-likeness (QED) is 0.267. The molecule has 6 aromatic rings. The van der Waals surface area contributed by atoms with E-state index >= 15 is 0 Å². The van der Waals surface area contributed by atoms with E-state index in [-0.39, 0.29) is 6.85 Å². The summed E-state index contributed by atoms with van der Waals surface area (Å²) in [5.41, 5.74) is 12.3. The van der Waals surface area contributed by atoms with Gasteiger partial charge in [-0.25, -0.2) is 0 Å². The molecule has 2 heterocycles. The molecule has 0 unspecified atom stereocenters. The van der Waals surface area contributed by atoms with E-state index in [0.717, 1.165) is 0 Å². The summed E-state index contributed by atoms with van der Waals surface area (Å²) in [6.45, 7) is 6.89. The summed E-state index contributed by atoms with van der Waals surface area (Å²) in [5, 5.41) is 5.32. The first-order valence-corrected chi connectivity index (χ1v) is 11.7. The van der Waals surface area contributed by atoms with Crippen LogP contribution in [-0.4, -0.2) is 11.3 Å². The van der Waals surface area contributed by atoms with Crippen LogP contribution in [0.25, 0.3) is 43.7 Å². The van der Waals surface area contributed by atoms with Crippen molar-refractivity contribution in [3.05, 3.63) is 108 Å². The van der Waals surface area contributed by atoms with Crippen LogP contribution in [0.15, 0.2) is 91.0 Å². The van der Waals surface area contributed by atoms with Crippen molar-refractivity contribution in [2.45, 2.75) is 20.8 Å². The molecule has 1 aliphatic heterocycles. The first kappa shape index (κ1) is 18.8. The van der Waals surface area contributed by atoms with Gasteiger partial charge in [0.05, 0.1) is 0 Å². The van der Waals surface area contributed by atoms with E-state index in [1.165, 1.54) is 71.3 Å². The Morgan fingerprint density at radius 2 is 1.27 bits per heavy atom. The van der Waals surface area contributed by atoms with Crippen molar-refractivity contribution in [2.24, 2.45) is 0 Å². The molecular formula is C31H24BN. The molecule has 2 heteroatoms. The predicted octanol–water partition coefficient (Wildman–Crippen LogP) is 6.51. The second kappa shape index (κ2) is 6.62. The van der Waals surface area contributed by atoms with Crippen LogP contribution in [0.2, 0.25) is 0 Å². The van der Waals surface area contributed by atoms with Gasteiger partial charge in [0, 0.05) is 27.4 Å². The fourth-order valence-corrected chi connectivity index (χ4v) is 6.39. The maximum absolute atomic E-state index is 2.62. The van der Waals surface area contributed by atoms with Crippen molar-refractivity contribution in [1.29, 1.82) is 0 Å². The first-order valence-electron chi connectivity index (χ1n) is 11.7. The fraction of sp³-hybridized carbons (Fsp3) is 0.0968. The van der Waals surface area contributed by atoms with Crippen LogP contribution in [0, 0.1) is 20.8 Å². The zero-order chi connectivity index (χ0) is 22.3. The van der Waals surface area contributed by atoms with Gasteiger partial charge in [-0.15, -0.1) is 0 Å². The smallest absolute Gasteiger partial charge is 0.330 e. The number of nitrogens with zero attached hydrogens (tertiary/aromatic N) is 1. The lowest BCUT2D eigenvalue weighted by atomic mass is 9.45. The zero-order valence-electron chi connectivity index (χ0n) is 19.2. The molecular weight excluding hydrogens is 397 g/mol. The molecule has 0 spiro atoms. The molecule has 1 nitrogen and oxygen atoms in total. The summed E-state index contributed by atoms with van der Waals surface area (Å²) in [6, 6.07) is 33.9. The second-order valence-corrected chi connectivity index (χ2v) is 9.55. The molecule has 0 bridgehead atoms. The van der Waals surface area contributed by atoms with E-state index in [1.54, 1.807) is 0 Å². The van der Waals surface area contributed by atoms with Gasteiger partial charge >= 0.3 is 6.85 Å². The monoisotopic (exact) mass is 421 g/mol. The molecule has 0 saturated heterocycles. The summed E-state index contributed by atoms with van der Waals surface area (Å²) in [6.07, 6.45) is 0. The van der Waals surface area contributed by atoms with Gasteiger partial charge in [-0.05, 0) is 54.1 Å². The van der Waals surface area contributed by atoms with E-state index in [2.05, 4.69) is 116 Å². The standard InChI is InChI=1S/C31H24BN/c1-19-17-20(2)29(21(3)18-19)32-30-23-10-5-4-9-22(23)15-16-25(30)27-13-8-12-26-24-11-6-7-14-28(24)33(32)31(26)27/h4-18H,1-3H3. The Balaban J connectivity index is 1.76. The van der Waals surface area contributed by atoms with Crippen LogP contribution >= 0.6 is 0 Å². The van der Waals surface area contributed by atoms with Crippen molar-refractivity contribution in [1.82, 2.24) is 4.48 Å². The lowest BCUT2D eigenvalue weighted by Crippen LogP contribution is -2.53. The molecule has 0 radical (unpaired) electrons. The van der Waals surface area contributed by atoms with E-state index in [0.29, 0.717) is 0 Å². The molecule has 1 aliphatic rings. The topological polar surface area (TPSA) is 4.93 Å². The second-order valence-electron chi connectivity index (χ2n) is 9.55. The number of para-hydroxylation sites is 2. The average molecular weight is 421 g/mol. The van der Waals surface area contributed by atoms with Crippen molar-refractivity contribution in [3.63, 3.8) is 0 Å². The SMILES string of the molecule is Cc1cc(C)c(B2c3c(ccc4ccccc34)-c3cccc4c5ccccc5n2c34)c(C)c1. The Morgan fingerprint density at radius 1 is 0.576 bits per heavy atom. The molecule has 156 valence electrons. The van der Waals surface area contributed by atoms with Gasteiger partial charge < -0.3 is 4.48 Å². The first-order chi connectivity index (χ1) is 16.1. The van der Waals surface area contributed by atoms with Gasteiger partial charge in [0.1, 0.15) is 0 Å². The fourth-order valence-electron chi connectivity index (χ4n) is 6.39. The molecule has 0 amide bonds. The number of hydrogen-bond acceptors (Lipinski definition) is 0. The highest BCUT2D eigenvalue weighted by molar-refractivity contribution is 6.89. The molecule has 33 heavy (non-hydrogen) atoms. The molecule has 7 rings (SSSR count). The Bertz CT molecular complexity index is 1730. The van der Waals surface area contributed by atoms with Gasteiger partial charge in [-0.2, -0.15) is 0 Å². The number of aromatic nitrogens is 1. The molecule has 0 fully saturated rings. The Morgan fingerprint density at radius 3 is 2.09 bits per heavy atom. The number of rotatable bonds is 1. The summed E-state index contributed by atoms with van der Waals surface area (Å²) < 4.78 is 2.62. The largest absolute Gasteiger partial charge is 0.375 e. The predicted molar refractivity (Wildman–Crippen MR) is 143 cm³/mol. The van der Waals surface area contributed by atoms with Crippen LogP contribution in [0.3, 0.4) is 0 Å². The van der Waals surface area contributed by atoms with Gasteiger partial charge in [0.25, 0.3) is 0 Å². The third-order valence-corrected chi connectivity index (χ3v) is 7.53. The highest BCUT2D eigenvalue weighted by Crippen LogP contribution is 2.40.